The number of alkyl halides is 3. The number of carbonyl (C=O) groups excluding carboxylic acids is 5. The van der Waals surface area contributed by atoms with Gasteiger partial charge in [0.05, 0.1) is 70.8 Å². The fraction of sp³-hybridized carbons (Fsp3) is 0.264. The SMILES string of the molecule is Cc1cc(C[n+]2cnn(C[C@](O)(c3ccc(F)cc3F)[C@@H](C)c3nc(-c4ccc(C#N)cc4)cs3)c2)cc(C)c1OC(=O)CNC(=O)CN.Cc1cc(C[n+]2cnn(C[C@](O)(c3ccc(F)cc3F)[C@@H](C)c3nc(-c4ccc(C#N)cc4)cs3)c2)cc(C)c1OC(=O)CNC(=O)CN.O=C([O-])C(F)(F)F.[Br-]. The molecule has 6 aromatic carbocycles. The van der Waals surface area contributed by atoms with Crippen LogP contribution in [-0.2, 0) is 61.4 Å². The summed E-state index contributed by atoms with van der Waals surface area (Å²) in [6.45, 7) is 9.99. The third-order valence-electron chi connectivity index (χ3n) is 16.4. The summed E-state index contributed by atoms with van der Waals surface area (Å²) >= 11 is 2.60. The van der Waals surface area contributed by atoms with Crippen molar-refractivity contribution in [3.63, 3.8) is 0 Å². The molecule has 0 saturated carbocycles. The Bertz CT molecular complexity index is 4570. The molecule has 0 aliphatic rings. The Labute approximate surface area is 620 Å². The summed E-state index contributed by atoms with van der Waals surface area (Å²) < 4.78 is 108. The molecule has 0 aliphatic heterocycles. The van der Waals surface area contributed by atoms with Crippen molar-refractivity contribution in [1.29, 1.82) is 10.5 Å². The van der Waals surface area contributed by atoms with Gasteiger partial charge in [0.2, 0.25) is 24.5 Å². The molecular weight excluding hydrogens is 1500 g/mol. The standard InChI is InChI=1S/2C35H33F2N7O4S.C2HF3O2.BrH/c2*1-21-10-25(11-22(2)33(21)48-32(46)15-40-31(45)14-39)16-43-19-41-44(20-43)18-35(47,28-9-8-27(36)12-29(28)37)23(3)34-42-30(17-49-34)26-6-4-24(13-38)5-7-26;3-2(4,5)1(6)7;/h2*4-12,17,19-20,23,47H,14-16,18,39H2,1-3H3;(H,6,7);1H/t2*23-,35+;;/m00../s1. The number of nitriles is 2. The summed E-state index contributed by atoms with van der Waals surface area (Å²) in [5.41, 5.74) is 15.0. The zero-order chi connectivity index (χ0) is 76.7. The molecule has 24 nitrogen and oxygen atoms in total. The molecule has 4 aromatic heterocycles. The Balaban J connectivity index is 0.000000269. The number of carboxylic acid groups (broad SMARTS) is 1. The highest BCUT2D eigenvalue weighted by molar-refractivity contribution is 7.10. The molecule has 106 heavy (non-hydrogen) atoms. The van der Waals surface area contributed by atoms with Gasteiger partial charge in [-0.05, 0) is 122 Å². The van der Waals surface area contributed by atoms with E-state index in [9.17, 15) is 51.3 Å². The van der Waals surface area contributed by atoms with Gasteiger partial charge in [0.25, 0.3) is 12.7 Å². The number of carboxylic acids is 1. The smallest absolute Gasteiger partial charge is 0.430 e. The van der Waals surface area contributed by atoms with Crippen LogP contribution in [0.4, 0.5) is 30.7 Å². The number of nitrogens with zero attached hydrogens (tertiary/aromatic N) is 10. The lowest BCUT2D eigenvalue weighted by Gasteiger charge is -2.32. The van der Waals surface area contributed by atoms with E-state index < -0.39 is 82.2 Å². The van der Waals surface area contributed by atoms with Crippen molar-refractivity contribution in [3.05, 3.63) is 234 Å². The number of halogens is 8. The van der Waals surface area contributed by atoms with E-state index in [1.54, 1.807) is 125 Å². The van der Waals surface area contributed by atoms with Crippen molar-refractivity contribution < 1.29 is 106 Å². The molecular formula is C72H68BrF7N14O10S2. The summed E-state index contributed by atoms with van der Waals surface area (Å²) in [6, 6.07) is 31.6. The van der Waals surface area contributed by atoms with Crippen molar-refractivity contribution in [2.24, 2.45) is 11.5 Å². The molecule has 0 bridgehead atoms. The normalized spacial score (nSPS) is 12.7. The third-order valence-corrected chi connectivity index (χ3v) is 18.4. The molecule has 0 aliphatic carbocycles. The molecule has 34 heteroatoms. The summed E-state index contributed by atoms with van der Waals surface area (Å²) in [7, 11) is 0. The second-order valence-corrected chi connectivity index (χ2v) is 25.9. The van der Waals surface area contributed by atoms with E-state index in [1.807, 2.05) is 35.0 Å². The number of nitrogens with two attached hydrogens (primary N) is 2. The number of rotatable bonds is 24. The van der Waals surface area contributed by atoms with Crippen LogP contribution in [-0.4, -0.2) is 102 Å². The van der Waals surface area contributed by atoms with E-state index in [0.29, 0.717) is 79.4 Å². The molecule has 0 spiro atoms. The first kappa shape index (κ1) is 82.3. The molecule has 8 N–H and O–H groups in total. The number of carbonyl (C=O) groups is 5. The molecule has 4 heterocycles. The predicted molar refractivity (Wildman–Crippen MR) is 363 cm³/mol. The van der Waals surface area contributed by atoms with Crippen molar-refractivity contribution in [2.75, 3.05) is 26.2 Å². The first-order valence-electron chi connectivity index (χ1n) is 31.7. The van der Waals surface area contributed by atoms with Crippen molar-refractivity contribution in [1.82, 2.24) is 40.2 Å². The number of hydrogen-bond donors (Lipinski definition) is 6. The van der Waals surface area contributed by atoms with Crippen LogP contribution in [0.1, 0.15) is 91.3 Å². The van der Waals surface area contributed by atoms with Crippen LogP contribution in [0.3, 0.4) is 0 Å². The number of benzene rings is 6. The van der Waals surface area contributed by atoms with Gasteiger partial charge in [0.1, 0.15) is 78.1 Å². The topological polar surface area (TPSA) is 360 Å². The largest absolute Gasteiger partial charge is 1.00 e. The molecule has 2 amide bonds. The zero-order valence-electron chi connectivity index (χ0n) is 57.3. The molecule has 0 unspecified atom stereocenters. The third kappa shape index (κ3) is 21.1. The quantitative estimate of drug-likeness (QED) is 0.0216. The average Bonchev–Trinajstić information content (AvgIpc) is 1.36. The maximum absolute atomic E-state index is 15.3. The number of thiazole rings is 2. The molecule has 4 atom stereocenters. The fourth-order valence-corrected chi connectivity index (χ4v) is 13.0. The maximum Gasteiger partial charge on any atom is 0.430 e. The van der Waals surface area contributed by atoms with Gasteiger partial charge in [-0.1, -0.05) is 50.2 Å². The Morgan fingerprint density at radius 2 is 0.934 bits per heavy atom. The van der Waals surface area contributed by atoms with Crippen LogP contribution >= 0.6 is 22.7 Å². The second-order valence-electron chi connectivity index (χ2n) is 24.1. The number of aliphatic hydroxyl groups is 2. The minimum atomic E-state index is -5.19. The van der Waals surface area contributed by atoms with E-state index >= 15 is 8.78 Å². The lowest BCUT2D eigenvalue weighted by molar-refractivity contribution is -0.689. The predicted octanol–water partition coefficient (Wildman–Crippen LogP) is 3.86. The number of aromatic nitrogens is 8. The number of esters is 2. The first-order chi connectivity index (χ1) is 49.7. The van der Waals surface area contributed by atoms with Crippen molar-refractivity contribution in [3.8, 4) is 46.2 Å². The molecule has 0 radical (unpaired) electrons. The van der Waals surface area contributed by atoms with Gasteiger partial charge < -0.3 is 68.7 Å². The lowest BCUT2D eigenvalue weighted by atomic mass is 9.82. The van der Waals surface area contributed by atoms with E-state index in [0.717, 1.165) is 46.5 Å². The number of amides is 2. The van der Waals surface area contributed by atoms with E-state index in [4.69, 9.17) is 51.3 Å². The van der Waals surface area contributed by atoms with Crippen LogP contribution in [0, 0.1) is 73.6 Å². The summed E-state index contributed by atoms with van der Waals surface area (Å²) in [6.07, 6.45) is 1.28. The highest BCUT2D eigenvalue weighted by atomic mass is 79.9. The van der Waals surface area contributed by atoms with Crippen LogP contribution in [0.2, 0.25) is 0 Å². The van der Waals surface area contributed by atoms with Crippen LogP contribution in [0.5, 0.6) is 11.5 Å². The van der Waals surface area contributed by atoms with Gasteiger partial charge in [0.15, 0.2) is 0 Å². The molecule has 10 rings (SSSR count). The lowest BCUT2D eigenvalue weighted by Crippen LogP contribution is -3.00. The number of nitrogens with one attached hydrogen (secondary N) is 2. The summed E-state index contributed by atoms with van der Waals surface area (Å²) in [5, 5.41) is 69.9. The number of aliphatic carboxylic acids is 1. The van der Waals surface area contributed by atoms with Gasteiger partial charge >= 0.3 is 18.1 Å². The van der Waals surface area contributed by atoms with Crippen molar-refractivity contribution in [2.45, 2.75) is 96.9 Å². The molecule has 554 valence electrons. The Morgan fingerprint density at radius 1 is 0.594 bits per heavy atom. The summed E-state index contributed by atoms with van der Waals surface area (Å²) in [4.78, 5) is 65.4. The molecule has 0 saturated heterocycles. The van der Waals surface area contributed by atoms with Crippen LogP contribution in [0.15, 0.2) is 145 Å². The van der Waals surface area contributed by atoms with Gasteiger partial charge in [0, 0.05) is 67.2 Å². The van der Waals surface area contributed by atoms with Crippen LogP contribution < -0.4 is 62.8 Å². The Hall–Kier alpha value is -11.0. The van der Waals surface area contributed by atoms with Crippen molar-refractivity contribution >= 4 is 52.4 Å². The minimum absolute atomic E-state index is 0. The maximum atomic E-state index is 15.3. The Kier molecular flexibility index (Phi) is 28.1. The fourth-order valence-electron chi connectivity index (χ4n) is 11.0. The van der Waals surface area contributed by atoms with Gasteiger partial charge in [-0.3, -0.25) is 9.59 Å². The molecule has 10 aromatic rings. The van der Waals surface area contributed by atoms with Gasteiger partial charge in [-0.15, -0.1) is 32.0 Å². The minimum Gasteiger partial charge on any atom is -1.00 e. The monoisotopic (exact) mass is 1560 g/mol. The zero-order valence-corrected chi connectivity index (χ0v) is 60.5. The van der Waals surface area contributed by atoms with E-state index in [1.165, 1.54) is 44.2 Å². The van der Waals surface area contributed by atoms with E-state index in [2.05, 4.69) is 33.0 Å². The van der Waals surface area contributed by atoms with Gasteiger partial charge in [-0.2, -0.15) is 23.7 Å². The highest BCUT2D eigenvalue weighted by Crippen LogP contribution is 2.44. The summed E-state index contributed by atoms with van der Waals surface area (Å²) in [5.74, 6) is -9.23. The number of hydrogen-bond acceptors (Lipinski definition) is 20. The van der Waals surface area contributed by atoms with Gasteiger partial charge in [-0.25, -0.2) is 46.3 Å². The van der Waals surface area contributed by atoms with Crippen LogP contribution in [0.25, 0.3) is 22.5 Å². The second kappa shape index (κ2) is 36.1. The van der Waals surface area contributed by atoms with E-state index in [-0.39, 0.29) is 67.4 Å². The number of ether oxygens (including phenoxy) is 2. The molecule has 0 fully saturated rings. The first-order valence-corrected chi connectivity index (χ1v) is 33.4. The average molecular weight is 1570 g/mol. The Morgan fingerprint density at radius 3 is 1.24 bits per heavy atom. The highest BCUT2D eigenvalue weighted by Gasteiger charge is 2.45. The number of aryl methyl sites for hydroxylation is 4.